The highest BCUT2D eigenvalue weighted by atomic mass is 79.9. The van der Waals surface area contributed by atoms with Gasteiger partial charge in [0.05, 0.1) is 6.54 Å². The third kappa shape index (κ3) is 7.62. The van der Waals surface area contributed by atoms with Gasteiger partial charge in [-0.25, -0.2) is 0 Å². The number of rotatable bonds is 4. The Bertz CT molecular complexity index is 148. The van der Waals surface area contributed by atoms with E-state index in [2.05, 4.69) is 50.7 Å². The van der Waals surface area contributed by atoms with Crippen LogP contribution in [0.25, 0.3) is 0 Å². The zero-order valence-electron chi connectivity index (χ0n) is 7.68. The number of hydrogen-bond acceptors (Lipinski definition) is 2. The molecule has 1 nitrogen and oxygen atoms in total. The van der Waals surface area contributed by atoms with Crippen LogP contribution in [0.5, 0.6) is 0 Å². The summed E-state index contributed by atoms with van der Waals surface area (Å²) in [5.74, 6) is 0.734. The van der Waals surface area contributed by atoms with Gasteiger partial charge in [-0.05, 0) is 34.5 Å². The fraction of sp³-hybridized carbons (Fsp3) is 0.875. The summed E-state index contributed by atoms with van der Waals surface area (Å²) in [5, 5.41) is 0. The van der Waals surface area contributed by atoms with Gasteiger partial charge in [-0.15, -0.1) is 11.8 Å². The van der Waals surface area contributed by atoms with Crippen LogP contribution in [0.15, 0.2) is 4.99 Å². The second-order valence-electron chi connectivity index (χ2n) is 3.02. The summed E-state index contributed by atoms with van der Waals surface area (Å²) in [6.07, 6.45) is 3.19. The lowest BCUT2D eigenvalue weighted by Gasteiger charge is -2.09. The van der Waals surface area contributed by atoms with E-state index < -0.39 is 0 Å². The normalized spacial score (nSPS) is 15.3. The van der Waals surface area contributed by atoms with E-state index in [9.17, 15) is 0 Å². The Morgan fingerprint density at radius 3 is 2.50 bits per heavy atom. The molecule has 0 aromatic rings. The first-order chi connectivity index (χ1) is 5.56. The Morgan fingerprint density at radius 1 is 1.50 bits per heavy atom. The van der Waals surface area contributed by atoms with Crippen molar-refractivity contribution in [3.63, 3.8) is 0 Å². The predicted octanol–water partition coefficient (Wildman–Crippen LogP) is 3.91. The summed E-state index contributed by atoms with van der Waals surface area (Å²) in [6.45, 7) is 5.31. The monoisotopic (exact) mass is 315 g/mol. The van der Waals surface area contributed by atoms with Crippen LogP contribution in [0.1, 0.15) is 20.3 Å². The average molecular weight is 317 g/mol. The minimum atomic E-state index is 0.511. The molecule has 0 amide bonds. The van der Waals surface area contributed by atoms with Gasteiger partial charge in [-0.2, -0.15) is 0 Å². The van der Waals surface area contributed by atoms with Gasteiger partial charge in [0.15, 0.2) is 0 Å². The SMILES string of the molecule is CS/C(Br)=N\CC(Br)CC(C)C. The largest absolute Gasteiger partial charge is 0.270 e. The maximum absolute atomic E-state index is 4.35. The first kappa shape index (κ1) is 13.0. The number of nitrogens with zero attached hydrogens (tertiary/aromatic N) is 1. The van der Waals surface area contributed by atoms with E-state index >= 15 is 0 Å². The van der Waals surface area contributed by atoms with Crippen molar-refractivity contribution in [2.45, 2.75) is 25.1 Å². The van der Waals surface area contributed by atoms with Crippen molar-refractivity contribution in [2.75, 3.05) is 12.8 Å². The van der Waals surface area contributed by atoms with Crippen LogP contribution in [0, 0.1) is 5.92 Å². The van der Waals surface area contributed by atoms with E-state index in [4.69, 9.17) is 0 Å². The standard InChI is InChI=1S/C8H15Br2NS/c1-6(2)4-7(9)5-11-8(10)12-3/h6-7H,4-5H2,1-3H3/b11-8-. The molecule has 0 aliphatic rings. The molecule has 0 aliphatic heterocycles. The molecule has 0 N–H and O–H groups in total. The van der Waals surface area contributed by atoms with Gasteiger partial charge in [0.25, 0.3) is 0 Å². The first-order valence-corrected chi connectivity index (χ1v) is 6.87. The zero-order valence-corrected chi connectivity index (χ0v) is 11.7. The Morgan fingerprint density at radius 2 is 2.08 bits per heavy atom. The van der Waals surface area contributed by atoms with Crippen LogP contribution in [0.2, 0.25) is 0 Å². The van der Waals surface area contributed by atoms with Gasteiger partial charge in [0, 0.05) is 4.83 Å². The van der Waals surface area contributed by atoms with Crippen molar-refractivity contribution in [2.24, 2.45) is 10.9 Å². The average Bonchev–Trinajstić information content (AvgIpc) is 1.99. The molecule has 0 saturated carbocycles. The van der Waals surface area contributed by atoms with Gasteiger partial charge in [-0.1, -0.05) is 29.8 Å². The Labute approximate surface area is 96.0 Å². The van der Waals surface area contributed by atoms with E-state index in [1.165, 1.54) is 6.42 Å². The summed E-state index contributed by atoms with van der Waals surface area (Å²) in [6, 6.07) is 0. The van der Waals surface area contributed by atoms with Gasteiger partial charge in [0.2, 0.25) is 0 Å². The van der Waals surface area contributed by atoms with Gasteiger partial charge >= 0.3 is 0 Å². The Balaban J connectivity index is 3.62. The highest BCUT2D eigenvalue weighted by Crippen LogP contribution is 2.14. The molecule has 0 aliphatic carbocycles. The van der Waals surface area contributed by atoms with E-state index in [1.807, 2.05) is 6.26 Å². The second-order valence-corrected chi connectivity index (χ2v) is 6.39. The van der Waals surface area contributed by atoms with Crippen LogP contribution in [-0.2, 0) is 0 Å². The van der Waals surface area contributed by atoms with E-state index in [0.29, 0.717) is 4.83 Å². The number of aliphatic imine (C=N–C) groups is 1. The molecule has 4 heteroatoms. The molecule has 0 heterocycles. The third-order valence-corrected chi connectivity index (χ3v) is 3.66. The topological polar surface area (TPSA) is 12.4 Å². The molecular formula is C8H15Br2NS. The lowest BCUT2D eigenvalue weighted by molar-refractivity contribution is 0.576. The highest BCUT2D eigenvalue weighted by molar-refractivity contribution is 9.22. The van der Waals surface area contributed by atoms with E-state index in [0.717, 1.165) is 16.4 Å². The maximum atomic E-state index is 4.35. The second kappa shape index (κ2) is 7.39. The summed E-state index contributed by atoms with van der Waals surface area (Å²) in [7, 11) is 0. The Kier molecular flexibility index (Phi) is 7.99. The van der Waals surface area contributed by atoms with Gasteiger partial charge < -0.3 is 0 Å². The van der Waals surface area contributed by atoms with Gasteiger partial charge in [0.1, 0.15) is 3.95 Å². The summed E-state index contributed by atoms with van der Waals surface area (Å²) < 4.78 is 0.982. The smallest absolute Gasteiger partial charge is 0.133 e. The van der Waals surface area contributed by atoms with E-state index in [-0.39, 0.29) is 0 Å². The zero-order chi connectivity index (χ0) is 9.56. The molecule has 72 valence electrons. The lowest BCUT2D eigenvalue weighted by Crippen LogP contribution is -2.06. The molecule has 0 radical (unpaired) electrons. The fourth-order valence-electron chi connectivity index (χ4n) is 0.821. The highest BCUT2D eigenvalue weighted by Gasteiger charge is 2.05. The number of thioether (sulfide) groups is 1. The molecule has 0 spiro atoms. The minimum Gasteiger partial charge on any atom is -0.270 e. The van der Waals surface area contributed by atoms with Crippen molar-refractivity contribution < 1.29 is 0 Å². The van der Waals surface area contributed by atoms with E-state index in [1.54, 1.807) is 11.8 Å². The van der Waals surface area contributed by atoms with Crippen molar-refractivity contribution in [1.82, 2.24) is 0 Å². The number of hydrogen-bond donors (Lipinski definition) is 0. The van der Waals surface area contributed by atoms with Crippen molar-refractivity contribution in [1.29, 1.82) is 0 Å². The quantitative estimate of drug-likeness (QED) is 0.435. The van der Waals surface area contributed by atoms with Crippen LogP contribution >= 0.6 is 43.6 Å². The van der Waals surface area contributed by atoms with Gasteiger partial charge in [-0.3, -0.25) is 4.99 Å². The molecule has 0 bridgehead atoms. The van der Waals surface area contributed by atoms with Crippen LogP contribution in [0.3, 0.4) is 0 Å². The minimum absolute atomic E-state index is 0.511. The van der Waals surface area contributed by atoms with Crippen LogP contribution in [-0.4, -0.2) is 21.6 Å². The molecule has 0 aromatic heterocycles. The summed E-state index contributed by atoms with van der Waals surface area (Å²) in [5.41, 5.74) is 0. The molecule has 0 aromatic carbocycles. The van der Waals surface area contributed by atoms with Crippen molar-refractivity contribution >= 4 is 47.6 Å². The number of halogens is 2. The summed E-state index contributed by atoms with van der Waals surface area (Å²) >= 11 is 8.59. The molecule has 1 unspecified atom stereocenters. The molecule has 0 fully saturated rings. The molecule has 1 atom stereocenters. The number of alkyl halides is 1. The van der Waals surface area contributed by atoms with Crippen LogP contribution in [0.4, 0.5) is 0 Å². The molecule has 0 rings (SSSR count). The Hall–Kier alpha value is 0.980. The molecule has 0 saturated heterocycles. The predicted molar refractivity (Wildman–Crippen MR) is 66.9 cm³/mol. The molecular weight excluding hydrogens is 302 g/mol. The lowest BCUT2D eigenvalue weighted by atomic mass is 10.1. The van der Waals surface area contributed by atoms with Crippen molar-refractivity contribution in [3.05, 3.63) is 0 Å². The first-order valence-electron chi connectivity index (χ1n) is 3.94. The molecule has 12 heavy (non-hydrogen) atoms. The van der Waals surface area contributed by atoms with Crippen LogP contribution < -0.4 is 0 Å². The fourth-order valence-corrected chi connectivity index (χ4v) is 2.06. The van der Waals surface area contributed by atoms with Crippen molar-refractivity contribution in [3.8, 4) is 0 Å². The summed E-state index contributed by atoms with van der Waals surface area (Å²) in [4.78, 5) is 4.86. The maximum Gasteiger partial charge on any atom is 0.133 e. The third-order valence-electron chi connectivity index (χ3n) is 1.31.